The second-order valence-electron chi connectivity index (χ2n) is 3.09. The summed E-state index contributed by atoms with van der Waals surface area (Å²) in [6, 6.07) is 0. The molecule has 0 spiro atoms. The van der Waals surface area contributed by atoms with Crippen LogP contribution < -0.4 is 0 Å². The molecule has 0 bridgehead atoms. The van der Waals surface area contributed by atoms with Crippen molar-refractivity contribution in [1.82, 2.24) is 35.6 Å². The Morgan fingerprint density at radius 1 is 1.60 bits per heavy atom. The lowest BCUT2D eigenvalue weighted by molar-refractivity contribution is 0.630. The molecule has 2 aromatic rings. The standard InChI is InChI=1S/C8H11N7/c1-2-7(3-8-4-9-12-11-8)5-15-6-10-13-14-15/h2,4,6H,3,5H2,1H3,(H,9,11,12)/b7-2-. The lowest BCUT2D eigenvalue weighted by atomic mass is 10.1. The normalized spacial score (nSPS) is 11.9. The first kappa shape index (κ1) is 9.50. The van der Waals surface area contributed by atoms with Crippen LogP contribution in [0.15, 0.2) is 24.2 Å². The number of hydrogen-bond donors (Lipinski definition) is 1. The molecule has 15 heavy (non-hydrogen) atoms. The van der Waals surface area contributed by atoms with Crippen LogP contribution >= 0.6 is 0 Å². The number of allylic oxidation sites excluding steroid dienone is 2. The Hall–Kier alpha value is -2.05. The molecule has 2 aromatic heterocycles. The first-order valence-electron chi connectivity index (χ1n) is 4.58. The van der Waals surface area contributed by atoms with E-state index in [9.17, 15) is 0 Å². The van der Waals surface area contributed by atoms with E-state index in [2.05, 4.69) is 30.9 Å². The predicted molar refractivity (Wildman–Crippen MR) is 51.7 cm³/mol. The van der Waals surface area contributed by atoms with Crippen LogP contribution in [0.2, 0.25) is 0 Å². The monoisotopic (exact) mass is 205 g/mol. The molecule has 0 unspecified atom stereocenters. The van der Waals surface area contributed by atoms with E-state index in [1.807, 2.05) is 13.0 Å². The van der Waals surface area contributed by atoms with Gasteiger partial charge in [0.05, 0.1) is 18.4 Å². The number of hydrogen-bond acceptors (Lipinski definition) is 5. The lowest BCUT2D eigenvalue weighted by Crippen LogP contribution is -2.04. The summed E-state index contributed by atoms with van der Waals surface area (Å²) in [5.74, 6) is 0. The molecule has 1 N–H and O–H groups in total. The molecular weight excluding hydrogens is 194 g/mol. The maximum absolute atomic E-state index is 4.00. The fourth-order valence-corrected chi connectivity index (χ4v) is 1.25. The Morgan fingerprint density at radius 2 is 2.53 bits per heavy atom. The molecule has 0 aromatic carbocycles. The van der Waals surface area contributed by atoms with E-state index in [1.54, 1.807) is 17.2 Å². The molecule has 0 saturated carbocycles. The number of aromatic nitrogens is 7. The van der Waals surface area contributed by atoms with E-state index >= 15 is 0 Å². The molecule has 0 atom stereocenters. The maximum atomic E-state index is 4.00. The quantitative estimate of drug-likeness (QED) is 0.709. The van der Waals surface area contributed by atoms with E-state index < -0.39 is 0 Å². The number of aromatic amines is 1. The smallest absolute Gasteiger partial charge is 0.138 e. The van der Waals surface area contributed by atoms with Crippen LogP contribution in [0.4, 0.5) is 0 Å². The molecule has 0 saturated heterocycles. The van der Waals surface area contributed by atoms with Crippen molar-refractivity contribution in [3.05, 3.63) is 29.9 Å². The fraction of sp³-hybridized carbons (Fsp3) is 0.375. The highest BCUT2D eigenvalue weighted by molar-refractivity contribution is 5.10. The number of H-pyrrole nitrogens is 1. The Labute approximate surface area is 86.2 Å². The molecule has 2 heterocycles. The fourth-order valence-electron chi connectivity index (χ4n) is 1.25. The topological polar surface area (TPSA) is 85.2 Å². The summed E-state index contributed by atoms with van der Waals surface area (Å²) in [5.41, 5.74) is 2.10. The average molecular weight is 205 g/mol. The highest BCUT2D eigenvalue weighted by Gasteiger charge is 2.03. The maximum Gasteiger partial charge on any atom is 0.138 e. The zero-order valence-corrected chi connectivity index (χ0v) is 8.33. The van der Waals surface area contributed by atoms with Crippen LogP contribution in [0.25, 0.3) is 0 Å². The zero-order valence-electron chi connectivity index (χ0n) is 8.33. The third-order valence-corrected chi connectivity index (χ3v) is 2.04. The van der Waals surface area contributed by atoms with Crippen molar-refractivity contribution in [2.24, 2.45) is 0 Å². The average Bonchev–Trinajstić information content (AvgIpc) is 2.89. The molecule has 0 radical (unpaired) electrons. The minimum absolute atomic E-state index is 0.677. The lowest BCUT2D eigenvalue weighted by Gasteiger charge is -2.03. The molecular formula is C8H11N7. The SMILES string of the molecule is C/C=C(/Cc1cn[nH]n1)Cn1cnnn1. The molecule has 0 aliphatic heterocycles. The first-order chi connectivity index (χ1) is 7.38. The summed E-state index contributed by atoms with van der Waals surface area (Å²) >= 11 is 0. The minimum Gasteiger partial charge on any atom is -0.228 e. The van der Waals surface area contributed by atoms with Gasteiger partial charge in [-0.05, 0) is 22.9 Å². The number of nitrogens with one attached hydrogen (secondary N) is 1. The van der Waals surface area contributed by atoms with Crippen LogP contribution in [-0.2, 0) is 13.0 Å². The Morgan fingerprint density at radius 3 is 3.13 bits per heavy atom. The molecule has 0 fully saturated rings. The van der Waals surface area contributed by atoms with Gasteiger partial charge in [0.2, 0.25) is 0 Å². The summed E-state index contributed by atoms with van der Waals surface area (Å²) < 4.78 is 1.68. The van der Waals surface area contributed by atoms with Crippen LogP contribution in [0.1, 0.15) is 12.6 Å². The van der Waals surface area contributed by atoms with E-state index in [-0.39, 0.29) is 0 Å². The number of rotatable bonds is 4. The van der Waals surface area contributed by atoms with Crippen LogP contribution in [-0.4, -0.2) is 35.6 Å². The highest BCUT2D eigenvalue weighted by Crippen LogP contribution is 2.05. The van der Waals surface area contributed by atoms with Crippen molar-refractivity contribution in [3.63, 3.8) is 0 Å². The summed E-state index contributed by atoms with van der Waals surface area (Å²) in [6.07, 6.45) is 6.10. The second-order valence-corrected chi connectivity index (χ2v) is 3.09. The van der Waals surface area contributed by atoms with Gasteiger partial charge < -0.3 is 0 Å². The summed E-state index contributed by atoms with van der Waals surface area (Å²) in [5, 5.41) is 21.3. The zero-order chi connectivity index (χ0) is 10.5. The largest absolute Gasteiger partial charge is 0.228 e. The molecule has 2 rings (SSSR count). The van der Waals surface area contributed by atoms with Gasteiger partial charge in [-0.15, -0.1) is 5.10 Å². The van der Waals surface area contributed by atoms with Gasteiger partial charge in [0.1, 0.15) is 6.33 Å². The van der Waals surface area contributed by atoms with Gasteiger partial charge in [-0.1, -0.05) is 6.08 Å². The van der Waals surface area contributed by atoms with Gasteiger partial charge in [0, 0.05) is 6.42 Å². The molecule has 0 amide bonds. The second kappa shape index (κ2) is 4.45. The molecule has 7 heteroatoms. The summed E-state index contributed by atoms with van der Waals surface area (Å²) in [7, 11) is 0. The third kappa shape index (κ3) is 2.46. The predicted octanol–water partition coefficient (Wildman–Crippen LogP) is -0.0198. The van der Waals surface area contributed by atoms with E-state index in [0.29, 0.717) is 6.54 Å². The van der Waals surface area contributed by atoms with Gasteiger partial charge in [0.25, 0.3) is 0 Å². The Balaban J connectivity index is 2.00. The van der Waals surface area contributed by atoms with Crippen molar-refractivity contribution in [1.29, 1.82) is 0 Å². The van der Waals surface area contributed by atoms with Crippen LogP contribution in [0.3, 0.4) is 0 Å². The van der Waals surface area contributed by atoms with E-state index in [0.717, 1.165) is 12.1 Å². The summed E-state index contributed by atoms with van der Waals surface area (Å²) in [6.45, 7) is 2.66. The highest BCUT2D eigenvalue weighted by atomic mass is 15.5. The summed E-state index contributed by atoms with van der Waals surface area (Å²) in [4.78, 5) is 0. The van der Waals surface area contributed by atoms with Gasteiger partial charge in [-0.2, -0.15) is 15.4 Å². The van der Waals surface area contributed by atoms with Crippen molar-refractivity contribution in [3.8, 4) is 0 Å². The van der Waals surface area contributed by atoms with Crippen molar-refractivity contribution >= 4 is 0 Å². The van der Waals surface area contributed by atoms with Gasteiger partial charge in [-0.25, -0.2) is 4.68 Å². The number of tetrazole rings is 1. The first-order valence-corrected chi connectivity index (χ1v) is 4.58. The van der Waals surface area contributed by atoms with Crippen LogP contribution in [0.5, 0.6) is 0 Å². The van der Waals surface area contributed by atoms with Crippen LogP contribution in [0, 0.1) is 0 Å². The van der Waals surface area contributed by atoms with Crippen molar-refractivity contribution in [2.75, 3.05) is 0 Å². The van der Waals surface area contributed by atoms with Gasteiger partial charge in [-0.3, -0.25) is 0 Å². The van der Waals surface area contributed by atoms with Gasteiger partial charge >= 0.3 is 0 Å². The van der Waals surface area contributed by atoms with Crippen molar-refractivity contribution < 1.29 is 0 Å². The van der Waals surface area contributed by atoms with Gasteiger partial charge in [0.15, 0.2) is 0 Å². The van der Waals surface area contributed by atoms with Crippen molar-refractivity contribution in [2.45, 2.75) is 19.9 Å². The van der Waals surface area contributed by atoms with E-state index in [1.165, 1.54) is 5.57 Å². The molecule has 0 aliphatic carbocycles. The molecule has 78 valence electrons. The molecule has 7 nitrogen and oxygen atoms in total. The number of nitrogens with zero attached hydrogens (tertiary/aromatic N) is 6. The minimum atomic E-state index is 0.677. The molecule has 0 aliphatic rings. The Bertz CT molecular complexity index is 376. The Kier molecular flexibility index (Phi) is 2.82. The third-order valence-electron chi connectivity index (χ3n) is 2.04. The van der Waals surface area contributed by atoms with E-state index in [4.69, 9.17) is 0 Å².